The monoisotopic (exact) mass is 362 g/mol. The minimum Gasteiger partial charge on any atom is -0.381 e. The van der Waals surface area contributed by atoms with Crippen molar-refractivity contribution in [2.24, 2.45) is 0 Å². The number of aromatic nitrogens is 1. The van der Waals surface area contributed by atoms with Gasteiger partial charge in [0.1, 0.15) is 0 Å². The summed E-state index contributed by atoms with van der Waals surface area (Å²) in [6, 6.07) is 7.58. The lowest BCUT2D eigenvalue weighted by Crippen LogP contribution is -2.44. The Labute approximate surface area is 150 Å². The van der Waals surface area contributed by atoms with Gasteiger partial charge in [-0.25, -0.2) is 4.98 Å². The standard InChI is InChI=1S/C18H19ClN2O2S/c19-14-5-3-13(4-6-14)18(7-9-23-10-8-18)16(22)21-17-20-15(11-24-17)12-1-2-12/h3-6,11-12H,1-2,7-10H2,(H,20,21,22). The predicted octanol–water partition coefficient (Wildman–Crippen LogP) is 4.36. The molecule has 1 saturated heterocycles. The van der Waals surface area contributed by atoms with Gasteiger partial charge in [-0.2, -0.15) is 0 Å². The Morgan fingerprint density at radius 3 is 2.62 bits per heavy atom. The molecule has 4 nitrogen and oxygen atoms in total. The molecule has 0 spiro atoms. The first-order chi connectivity index (χ1) is 11.7. The Kier molecular flexibility index (Phi) is 4.33. The van der Waals surface area contributed by atoms with Gasteiger partial charge in [0.2, 0.25) is 5.91 Å². The molecule has 6 heteroatoms. The van der Waals surface area contributed by atoms with Crippen molar-refractivity contribution in [1.82, 2.24) is 4.98 Å². The van der Waals surface area contributed by atoms with Crippen LogP contribution in [0.2, 0.25) is 5.02 Å². The summed E-state index contributed by atoms with van der Waals surface area (Å²) >= 11 is 7.52. The highest BCUT2D eigenvalue weighted by Crippen LogP contribution is 2.41. The molecule has 24 heavy (non-hydrogen) atoms. The molecule has 2 heterocycles. The average molecular weight is 363 g/mol. The fraction of sp³-hybridized carbons (Fsp3) is 0.444. The van der Waals surface area contributed by atoms with Crippen molar-refractivity contribution in [1.29, 1.82) is 0 Å². The maximum Gasteiger partial charge on any atom is 0.236 e. The van der Waals surface area contributed by atoms with E-state index in [4.69, 9.17) is 16.3 Å². The molecule has 1 aliphatic carbocycles. The van der Waals surface area contributed by atoms with Gasteiger partial charge in [0, 0.05) is 29.5 Å². The highest BCUT2D eigenvalue weighted by Gasteiger charge is 2.42. The van der Waals surface area contributed by atoms with E-state index >= 15 is 0 Å². The second-order valence-electron chi connectivity index (χ2n) is 6.51. The van der Waals surface area contributed by atoms with Gasteiger partial charge in [0.25, 0.3) is 0 Å². The number of benzene rings is 1. The topological polar surface area (TPSA) is 51.2 Å². The normalized spacial score (nSPS) is 19.9. The summed E-state index contributed by atoms with van der Waals surface area (Å²) in [7, 11) is 0. The summed E-state index contributed by atoms with van der Waals surface area (Å²) in [5, 5.41) is 6.48. The Bertz CT molecular complexity index is 734. The Balaban J connectivity index is 1.59. The predicted molar refractivity (Wildman–Crippen MR) is 95.9 cm³/mol. The molecule has 2 aromatic rings. The van der Waals surface area contributed by atoms with E-state index in [1.54, 1.807) is 0 Å². The van der Waals surface area contributed by atoms with Crippen LogP contribution in [0.15, 0.2) is 29.6 Å². The van der Waals surface area contributed by atoms with Crippen molar-refractivity contribution in [3.8, 4) is 0 Å². The second kappa shape index (κ2) is 6.47. The van der Waals surface area contributed by atoms with Gasteiger partial charge in [-0.3, -0.25) is 4.79 Å². The van der Waals surface area contributed by atoms with Gasteiger partial charge in [-0.15, -0.1) is 11.3 Å². The number of halogens is 1. The molecule has 0 unspecified atom stereocenters. The molecule has 126 valence electrons. The zero-order valence-electron chi connectivity index (χ0n) is 13.3. The molecule has 2 fully saturated rings. The molecule has 0 bridgehead atoms. The van der Waals surface area contributed by atoms with E-state index in [1.165, 1.54) is 24.2 Å². The summed E-state index contributed by atoms with van der Waals surface area (Å²) in [6.45, 7) is 1.17. The van der Waals surface area contributed by atoms with Gasteiger partial charge >= 0.3 is 0 Å². The van der Waals surface area contributed by atoms with Crippen molar-refractivity contribution >= 4 is 34.0 Å². The quantitative estimate of drug-likeness (QED) is 0.879. The number of thiazole rings is 1. The van der Waals surface area contributed by atoms with E-state index in [2.05, 4.69) is 15.7 Å². The van der Waals surface area contributed by atoms with Crippen molar-refractivity contribution < 1.29 is 9.53 Å². The first-order valence-corrected chi connectivity index (χ1v) is 9.54. The van der Waals surface area contributed by atoms with Crippen molar-refractivity contribution in [3.63, 3.8) is 0 Å². The molecule has 4 rings (SSSR count). The second-order valence-corrected chi connectivity index (χ2v) is 7.80. The molecule has 1 aromatic heterocycles. The number of anilines is 1. The third-order valence-corrected chi connectivity index (χ3v) is 5.94. The van der Waals surface area contributed by atoms with Crippen LogP contribution >= 0.6 is 22.9 Å². The maximum absolute atomic E-state index is 13.1. The fourth-order valence-electron chi connectivity index (χ4n) is 3.26. The van der Waals surface area contributed by atoms with E-state index < -0.39 is 5.41 Å². The van der Waals surface area contributed by atoms with Gasteiger partial charge in [0.15, 0.2) is 5.13 Å². The van der Waals surface area contributed by atoms with Gasteiger partial charge in [-0.05, 0) is 43.4 Å². The molecule has 1 N–H and O–H groups in total. The number of ether oxygens (including phenoxy) is 1. The molecule has 1 aliphatic heterocycles. The minimum absolute atomic E-state index is 0.00446. The van der Waals surface area contributed by atoms with Crippen LogP contribution in [0.5, 0.6) is 0 Å². The molecule has 1 amide bonds. The van der Waals surface area contributed by atoms with Crippen molar-refractivity contribution in [3.05, 3.63) is 45.9 Å². The Hall–Kier alpha value is -1.43. The number of rotatable bonds is 4. The van der Waals surface area contributed by atoms with Crippen LogP contribution < -0.4 is 5.32 Å². The van der Waals surface area contributed by atoms with Crippen molar-refractivity contribution in [2.75, 3.05) is 18.5 Å². The summed E-state index contributed by atoms with van der Waals surface area (Å²) < 4.78 is 5.50. The highest BCUT2D eigenvalue weighted by atomic mass is 35.5. The molecule has 0 radical (unpaired) electrons. The lowest BCUT2D eigenvalue weighted by atomic mass is 9.73. The molecular weight excluding hydrogens is 344 g/mol. The summed E-state index contributed by atoms with van der Waals surface area (Å²) in [5.74, 6) is 0.602. The lowest BCUT2D eigenvalue weighted by Gasteiger charge is -2.36. The number of carbonyl (C=O) groups excluding carboxylic acids is 1. The first kappa shape index (κ1) is 16.1. The number of carbonyl (C=O) groups is 1. The number of hydrogen-bond donors (Lipinski definition) is 1. The smallest absolute Gasteiger partial charge is 0.236 e. The van der Waals surface area contributed by atoms with E-state index in [-0.39, 0.29) is 5.91 Å². The maximum atomic E-state index is 13.1. The largest absolute Gasteiger partial charge is 0.381 e. The van der Waals surface area contributed by atoms with E-state index in [0.717, 1.165) is 11.3 Å². The zero-order chi connectivity index (χ0) is 16.6. The third-order valence-electron chi connectivity index (χ3n) is 4.92. The lowest BCUT2D eigenvalue weighted by molar-refractivity contribution is -0.125. The van der Waals surface area contributed by atoms with E-state index in [1.807, 2.05) is 24.3 Å². The number of nitrogens with zero attached hydrogens (tertiary/aromatic N) is 1. The Morgan fingerprint density at radius 2 is 1.96 bits per heavy atom. The van der Waals surface area contributed by atoms with E-state index in [9.17, 15) is 4.79 Å². The summed E-state index contributed by atoms with van der Waals surface area (Å²) in [5.41, 5.74) is 1.53. The van der Waals surface area contributed by atoms with Gasteiger partial charge in [-0.1, -0.05) is 23.7 Å². The van der Waals surface area contributed by atoms with Crippen LogP contribution in [0.4, 0.5) is 5.13 Å². The highest BCUT2D eigenvalue weighted by molar-refractivity contribution is 7.14. The van der Waals surface area contributed by atoms with Crippen LogP contribution in [0, 0.1) is 0 Å². The summed E-state index contributed by atoms with van der Waals surface area (Å²) in [6.07, 6.45) is 3.76. The number of nitrogens with one attached hydrogen (secondary N) is 1. The molecule has 0 atom stereocenters. The third kappa shape index (κ3) is 3.08. The van der Waals surface area contributed by atoms with Crippen LogP contribution in [0.1, 0.15) is 42.9 Å². The van der Waals surface area contributed by atoms with E-state index in [0.29, 0.717) is 42.1 Å². The molecule has 1 aromatic carbocycles. The minimum atomic E-state index is -0.575. The van der Waals surface area contributed by atoms with Crippen LogP contribution in [0.3, 0.4) is 0 Å². The van der Waals surface area contributed by atoms with Crippen LogP contribution in [-0.4, -0.2) is 24.1 Å². The van der Waals surface area contributed by atoms with Crippen molar-refractivity contribution in [2.45, 2.75) is 37.0 Å². The van der Waals surface area contributed by atoms with Crippen LogP contribution in [-0.2, 0) is 14.9 Å². The zero-order valence-corrected chi connectivity index (χ0v) is 14.8. The summed E-state index contributed by atoms with van der Waals surface area (Å²) in [4.78, 5) is 17.7. The number of amides is 1. The van der Waals surface area contributed by atoms with Gasteiger partial charge < -0.3 is 10.1 Å². The Morgan fingerprint density at radius 1 is 1.25 bits per heavy atom. The fourth-order valence-corrected chi connectivity index (χ4v) is 4.18. The molecular formula is C18H19ClN2O2S. The molecule has 1 saturated carbocycles. The average Bonchev–Trinajstić information content (AvgIpc) is 3.36. The van der Waals surface area contributed by atoms with Gasteiger partial charge in [0.05, 0.1) is 11.1 Å². The first-order valence-electron chi connectivity index (χ1n) is 8.28. The SMILES string of the molecule is O=C(Nc1nc(C2CC2)cs1)C1(c2ccc(Cl)cc2)CCOCC1. The van der Waals surface area contributed by atoms with Crippen LogP contribution in [0.25, 0.3) is 0 Å². The molecule has 2 aliphatic rings. The number of hydrogen-bond acceptors (Lipinski definition) is 4.